The Morgan fingerprint density at radius 3 is 2.85 bits per heavy atom. The van der Waals surface area contributed by atoms with E-state index in [9.17, 15) is 0 Å². The standard InChI is InChI=1S/C22H17N5/c1-2-10-27-13-20(24-21(27)3-1)15-6-7-17-19(11-15)26-22(25-17)16-5-4-14-8-9-23-18(14)12-16/h1-7,10-13,23H,8-9H2,(H,25,26). The van der Waals surface area contributed by atoms with E-state index >= 15 is 0 Å². The smallest absolute Gasteiger partial charge is 0.138 e. The van der Waals surface area contributed by atoms with Crippen molar-refractivity contribution >= 4 is 22.4 Å². The van der Waals surface area contributed by atoms with Crippen LogP contribution in [0.1, 0.15) is 5.56 Å². The van der Waals surface area contributed by atoms with Crippen LogP contribution in [0.2, 0.25) is 0 Å². The molecule has 1 aliphatic rings. The molecule has 0 spiro atoms. The highest BCUT2D eigenvalue weighted by Gasteiger charge is 2.13. The van der Waals surface area contributed by atoms with Gasteiger partial charge in [-0.3, -0.25) is 0 Å². The maximum atomic E-state index is 4.78. The van der Waals surface area contributed by atoms with E-state index in [0.717, 1.165) is 52.3 Å². The zero-order chi connectivity index (χ0) is 17.8. The van der Waals surface area contributed by atoms with Crippen molar-refractivity contribution in [1.29, 1.82) is 0 Å². The van der Waals surface area contributed by atoms with Gasteiger partial charge in [-0.25, -0.2) is 9.97 Å². The molecule has 5 aromatic rings. The van der Waals surface area contributed by atoms with Gasteiger partial charge in [0.1, 0.15) is 11.5 Å². The molecule has 3 aromatic heterocycles. The SMILES string of the molecule is c1ccn2cc(-c3ccc4nc(-c5ccc6c(c5)NCC6)[nH]c4c3)nc2c1. The fourth-order valence-corrected chi connectivity index (χ4v) is 3.82. The lowest BCUT2D eigenvalue weighted by Crippen LogP contribution is -1.91. The van der Waals surface area contributed by atoms with Crippen LogP contribution in [0.25, 0.3) is 39.3 Å². The van der Waals surface area contributed by atoms with E-state index in [2.05, 4.69) is 52.9 Å². The van der Waals surface area contributed by atoms with Crippen molar-refractivity contribution in [2.24, 2.45) is 0 Å². The Kier molecular flexibility index (Phi) is 2.94. The molecule has 27 heavy (non-hydrogen) atoms. The van der Waals surface area contributed by atoms with Gasteiger partial charge in [0.2, 0.25) is 0 Å². The molecule has 2 aromatic carbocycles. The molecule has 4 heterocycles. The van der Waals surface area contributed by atoms with Gasteiger partial charge in [0.05, 0.1) is 16.7 Å². The number of H-pyrrole nitrogens is 1. The summed E-state index contributed by atoms with van der Waals surface area (Å²) in [6, 6.07) is 18.8. The summed E-state index contributed by atoms with van der Waals surface area (Å²) in [7, 11) is 0. The summed E-state index contributed by atoms with van der Waals surface area (Å²) < 4.78 is 2.04. The zero-order valence-corrected chi connectivity index (χ0v) is 14.6. The summed E-state index contributed by atoms with van der Waals surface area (Å²) in [5, 5.41) is 3.44. The average Bonchev–Trinajstić information content (AvgIpc) is 3.42. The first-order valence-electron chi connectivity index (χ1n) is 9.14. The molecule has 0 fully saturated rings. The number of fused-ring (bicyclic) bond motifs is 3. The lowest BCUT2D eigenvalue weighted by atomic mass is 10.1. The molecule has 1 aliphatic heterocycles. The van der Waals surface area contributed by atoms with Crippen LogP contribution in [0.15, 0.2) is 67.0 Å². The highest BCUT2D eigenvalue weighted by Crippen LogP contribution is 2.30. The van der Waals surface area contributed by atoms with Crippen LogP contribution in [-0.4, -0.2) is 25.9 Å². The predicted octanol–water partition coefficient (Wildman–Crippen LogP) is 4.51. The number of anilines is 1. The second-order valence-electron chi connectivity index (χ2n) is 6.96. The Morgan fingerprint density at radius 1 is 0.926 bits per heavy atom. The highest BCUT2D eigenvalue weighted by molar-refractivity contribution is 5.84. The van der Waals surface area contributed by atoms with E-state index in [1.807, 2.05) is 28.8 Å². The topological polar surface area (TPSA) is 58.0 Å². The molecule has 6 rings (SSSR count). The number of benzene rings is 2. The Hall–Kier alpha value is -3.60. The van der Waals surface area contributed by atoms with Crippen molar-refractivity contribution in [2.75, 3.05) is 11.9 Å². The molecule has 0 aliphatic carbocycles. The molecule has 0 amide bonds. The van der Waals surface area contributed by atoms with Crippen molar-refractivity contribution in [3.8, 4) is 22.6 Å². The van der Waals surface area contributed by atoms with Gasteiger partial charge in [-0.05, 0) is 42.3 Å². The van der Waals surface area contributed by atoms with Gasteiger partial charge in [0, 0.05) is 35.8 Å². The molecular weight excluding hydrogens is 334 g/mol. The van der Waals surface area contributed by atoms with E-state index in [-0.39, 0.29) is 0 Å². The second kappa shape index (κ2) is 5.45. The number of pyridine rings is 1. The summed E-state index contributed by atoms with van der Waals surface area (Å²) in [5.41, 5.74) is 8.68. The first-order chi connectivity index (χ1) is 13.3. The number of imidazole rings is 2. The molecule has 0 bridgehead atoms. The molecule has 0 saturated heterocycles. The monoisotopic (exact) mass is 351 g/mol. The van der Waals surface area contributed by atoms with Crippen LogP contribution in [0.3, 0.4) is 0 Å². The Bertz CT molecular complexity index is 1280. The molecule has 0 atom stereocenters. The van der Waals surface area contributed by atoms with Crippen molar-refractivity contribution in [1.82, 2.24) is 19.4 Å². The maximum absolute atomic E-state index is 4.78. The molecule has 0 radical (unpaired) electrons. The predicted molar refractivity (Wildman–Crippen MR) is 108 cm³/mol. The van der Waals surface area contributed by atoms with Gasteiger partial charge >= 0.3 is 0 Å². The normalized spacial score (nSPS) is 13.2. The van der Waals surface area contributed by atoms with Gasteiger partial charge in [-0.2, -0.15) is 0 Å². The first kappa shape index (κ1) is 14.6. The highest BCUT2D eigenvalue weighted by atomic mass is 15.0. The van der Waals surface area contributed by atoms with E-state index < -0.39 is 0 Å². The number of hydrogen-bond acceptors (Lipinski definition) is 3. The van der Waals surface area contributed by atoms with Crippen LogP contribution < -0.4 is 5.32 Å². The summed E-state index contributed by atoms with van der Waals surface area (Å²) in [4.78, 5) is 13.0. The van der Waals surface area contributed by atoms with Crippen molar-refractivity contribution < 1.29 is 0 Å². The Morgan fingerprint density at radius 2 is 1.89 bits per heavy atom. The second-order valence-corrected chi connectivity index (χ2v) is 6.96. The fourth-order valence-electron chi connectivity index (χ4n) is 3.82. The number of hydrogen-bond donors (Lipinski definition) is 2. The molecular formula is C22H17N5. The average molecular weight is 351 g/mol. The van der Waals surface area contributed by atoms with Crippen molar-refractivity contribution in [3.63, 3.8) is 0 Å². The summed E-state index contributed by atoms with van der Waals surface area (Å²) in [5.74, 6) is 0.897. The third kappa shape index (κ3) is 2.32. The van der Waals surface area contributed by atoms with Crippen LogP contribution in [0.4, 0.5) is 5.69 Å². The molecule has 5 heteroatoms. The Balaban J connectivity index is 1.43. The van der Waals surface area contributed by atoms with E-state index in [4.69, 9.17) is 9.97 Å². The van der Waals surface area contributed by atoms with E-state index in [1.165, 1.54) is 11.3 Å². The van der Waals surface area contributed by atoms with Crippen molar-refractivity contribution in [3.05, 3.63) is 72.6 Å². The summed E-state index contributed by atoms with van der Waals surface area (Å²) in [6.07, 6.45) is 5.17. The third-order valence-corrected chi connectivity index (χ3v) is 5.23. The number of aromatic nitrogens is 4. The maximum Gasteiger partial charge on any atom is 0.138 e. The van der Waals surface area contributed by atoms with Gasteiger partial charge in [-0.15, -0.1) is 0 Å². The quantitative estimate of drug-likeness (QED) is 0.492. The minimum atomic E-state index is 0.897. The number of nitrogens with one attached hydrogen (secondary N) is 2. The van der Waals surface area contributed by atoms with Crippen molar-refractivity contribution in [2.45, 2.75) is 6.42 Å². The number of rotatable bonds is 2. The van der Waals surface area contributed by atoms with Gasteiger partial charge in [0.15, 0.2) is 0 Å². The largest absolute Gasteiger partial charge is 0.384 e. The third-order valence-electron chi connectivity index (χ3n) is 5.23. The summed E-state index contributed by atoms with van der Waals surface area (Å²) in [6.45, 7) is 1.02. The van der Waals surface area contributed by atoms with Crippen LogP contribution >= 0.6 is 0 Å². The van der Waals surface area contributed by atoms with Crippen LogP contribution in [0, 0.1) is 0 Å². The zero-order valence-electron chi connectivity index (χ0n) is 14.6. The Labute approximate surface area is 155 Å². The lowest BCUT2D eigenvalue weighted by Gasteiger charge is -2.02. The molecule has 0 saturated carbocycles. The first-order valence-corrected chi connectivity index (χ1v) is 9.14. The van der Waals surface area contributed by atoms with Crippen LogP contribution in [-0.2, 0) is 6.42 Å². The minimum absolute atomic E-state index is 0.897. The molecule has 5 nitrogen and oxygen atoms in total. The van der Waals surface area contributed by atoms with Gasteiger partial charge in [0.25, 0.3) is 0 Å². The molecule has 0 unspecified atom stereocenters. The van der Waals surface area contributed by atoms with Crippen LogP contribution in [0.5, 0.6) is 0 Å². The van der Waals surface area contributed by atoms with Gasteiger partial charge < -0.3 is 14.7 Å². The lowest BCUT2D eigenvalue weighted by molar-refractivity contribution is 1.11. The van der Waals surface area contributed by atoms with Gasteiger partial charge in [-0.1, -0.05) is 24.3 Å². The van der Waals surface area contributed by atoms with E-state index in [1.54, 1.807) is 0 Å². The minimum Gasteiger partial charge on any atom is -0.384 e. The number of aromatic amines is 1. The fraction of sp³-hybridized carbons (Fsp3) is 0.0909. The number of nitrogens with zero attached hydrogens (tertiary/aromatic N) is 3. The molecule has 130 valence electrons. The van der Waals surface area contributed by atoms with E-state index in [0.29, 0.717) is 0 Å². The molecule has 2 N–H and O–H groups in total. The summed E-state index contributed by atoms with van der Waals surface area (Å²) >= 11 is 0.